The van der Waals surface area contributed by atoms with Gasteiger partial charge in [-0.25, -0.2) is 0 Å². The second-order valence-electron chi connectivity index (χ2n) is 5.89. The van der Waals surface area contributed by atoms with Crippen LogP contribution in [0.5, 0.6) is 0 Å². The van der Waals surface area contributed by atoms with E-state index >= 15 is 0 Å². The van der Waals surface area contributed by atoms with Gasteiger partial charge in [0.2, 0.25) is 5.91 Å². The number of hydrogen-bond acceptors (Lipinski definition) is 4. The quantitative estimate of drug-likeness (QED) is 0.886. The summed E-state index contributed by atoms with van der Waals surface area (Å²) in [5.74, 6) is -0.294. The molecule has 1 aromatic rings. The number of amides is 1. The average molecular weight is 289 g/mol. The van der Waals surface area contributed by atoms with Crippen LogP contribution in [-0.2, 0) is 9.53 Å². The molecule has 0 spiro atoms. The molecule has 0 bridgehead atoms. The van der Waals surface area contributed by atoms with Crippen molar-refractivity contribution in [3.63, 3.8) is 0 Å². The van der Waals surface area contributed by atoms with Crippen LogP contribution < -0.4 is 16.0 Å². The van der Waals surface area contributed by atoms with Crippen molar-refractivity contribution in [1.29, 1.82) is 0 Å². The minimum absolute atomic E-state index is 0.0503. The van der Waals surface area contributed by atoms with E-state index in [-0.39, 0.29) is 17.9 Å². The Bertz CT molecular complexity index is 483. The van der Waals surface area contributed by atoms with E-state index in [2.05, 4.69) is 22.3 Å². The zero-order valence-electron chi connectivity index (χ0n) is 12.3. The van der Waals surface area contributed by atoms with E-state index in [9.17, 15) is 4.79 Å². The highest BCUT2D eigenvalue weighted by atomic mass is 16.5. The van der Waals surface area contributed by atoms with Gasteiger partial charge in [0.15, 0.2) is 0 Å². The number of nitrogens with one attached hydrogen (secondary N) is 1. The van der Waals surface area contributed by atoms with Gasteiger partial charge in [-0.15, -0.1) is 0 Å². The number of carbonyl (C=O) groups is 1. The molecule has 1 amide bonds. The summed E-state index contributed by atoms with van der Waals surface area (Å²) < 4.78 is 5.23. The number of anilines is 2. The van der Waals surface area contributed by atoms with Gasteiger partial charge in [-0.3, -0.25) is 4.79 Å². The van der Waals surface area contributed by atoms with Crippen molar-refractivity contribution in [1.82, 2.24) is 0 Å². The van der Waals surface area contributed by atoms with Crippen molar-refractivity contribution in [2.75, 3.05) is 36.5 Å². The fourth-order valence-electron chi connectivity index (χ4n) is 2.98. The Morgan fingerprint density at radius 2 is 1.86 bits per heavy atom. The first-order valence-corrected chi connectivity index (χ1v) is 7.73. The molecule has 0 saturated carbocycles. The normalized spacial score (nSPS) is 25.9. The predicted octanol–water partition coefficient (Wildman–Crippen LogP) is 1.59. The van der Waals surface area contributed by atoms with Crippen LogP contribution >= 0.6 is 0 Å². The summed E-state index contributed by atoms with van der Waals surface area (Å²) in [6.45, 7) is 3.13. The SMILES string of the molecule is NC1COCC1C(=O)Nc1ccc(N2CCCCC2)cc1. The molecule has 2 aliphatic rings. The van der Waals surface area contributed by atoms with Crippen molar-refractivity contribution < 1.29 is 9.53 Å². The Morgan fingerprint density at radius 1 is 1.14 bits per heavy atom. The number of nitrogens with two attached hydrogens (primary N) is 1. The molecule has 5 nitrogen and oxygen atoms in total. The third-order valence-electron chi connectivity index (χ3n) is 4.32. The summed E-state index contributed by atoms with van der Waals surface area (Å²) in [7, 11) is 0. The fraction of sp³-hybridized carbons (Fsp3) is 0.562. The molecule has 5 heteroatoms. The Morgan fingerprint density at radius 3 is 2.48 bits per heavy atom. The minimum Gasteiger partial charge on any atom is -0.379 e. The molecule has 114 valence electrons. The Balaban J connectivity index is 1.60. The zero-order valence-corrected chi connectivity index (χ0v) is 12.3. The number of carbonyl (C=O) groups excluding carboxylic acids is 1. The third-order valence-corrected chi connectivity index (χ3v) is 4.32. The lowest BCUT2D eigenvalue weighted by Gasteiger charge is -2.28. The second kappa shape index (κ2) is 6.45. The van der Waals surface area contributed by atoms with Gasteiger partial charge in [0, 0.05) is 30.5 Å². The lowest BCUT2D eigenvalue weighted by molar-refractivity contribution is -0.120. The monoisotopic (exact) mass is 289 g/mol. The van der Waals surface area contributed by atoms with E-state index in [1.165, 1.54) is 24.9 Å². The number of benzene rings is 1. The van der Waals surface area contributed by atoms with Crippen molar-refractivity contribution in [2.24, 2.45) is 11.7 Å². The molecule has 2 heterocycles. The van der Waals surface area contributed by atoms with E-state index in [0.717, 1.165) is 18.8 Å². The molecule has 0 aromatic heterocycles. The highest BCUT2D eigenvalue weighted by molar-refractivity contribution is 5.93. The first-order valence-electron chi connectivity index (χ1n) is 7.73. The van der Waals surface area contributed by atoms with Gasteiger partial charge in [-0.1, -0.05) is 0 Å². The summed E-state index contributed by atoms with van der Waals surface area (Å²) in [5.41, 5.74) is 7.91. The van der Waals surface area contributed by atoms with Gasteiger partial charge in [-0.2, -0.15) is 0 Å². The lowest BCUT2D eigenvalue weighted by Crippen LogP contribution is -2.37. The van der Waals surface area contributed by atoms with Crippen LogP contribution in [0.15, 0.2) is 24.3 Å². The van der Waals surface area contributed by atoms with E-state index in [1.807, 2.05) is 12.1 Å². The van der Waals surface area contributed by atoms with E-state index in [0.29, 0.717) is 13.2 Å². The Hall–Kier alpha value is -1.59. The summed E-state index contributed by atoms with van der Waals surface area (Å²) in [4.78, 5) is 14.5. The smallest absolute Gasteiger partial charge is 0.231 e. The molecule has 3 rings (SSSR count). The Labute approximate surface area is 125 Å². The van der Waals surface area contributed by atoms with E-state index < -0.39 is 0 Å². The van der Waals surface area contributed by atoms with Gasteiger partial charge in [0.25, 0.3) is 0 Å². The van der Waals surface area contributed by atoms with Crippen LogP contribution in [0.25, 0.3) is 0 Å². The molecule has 2 saturated heterocycles. The number of ether oxygens (including phenoxy) is 1. The lowest BCUT2D eigenvalue weighted by atomic mass is 10.0. The van der Waals surface area contributed by atoms with Crippen molar-refractivity contribution in [3.8, 4) is 0 Å². The van der Waals surface area contributed by atoms with Crippen LogP contribution in [0.3, 0.4) is 0 Å². The first kappa shape index (κ1) is 14.4. The molecule has 0 aliphatic carbocycles. The molecule has 0 radical (unpaired) electrons. The van der Waals surface area contributed by atoms with Gasteiger partial charge in [-0.05, 0) is 43.5 Å². The molecule has 2 atom stereocenters. The van der Waals surface area contributed by atoms with Crippen LogP contribution in [-0.4, -0.2) is 38.3 Å². The number of rotatable bonds is 3. The highest BCUT2D eigenvalue weighted by Gasteiger charge is 2.31. The largest absolute Gasteiger partial charge is 0.379 e. The van der Waals surface area contributed by atoms with Crippen LogP contribution in [0.4, 0.5) is 11.4 Å². The zero-order chi connectivity index (χ0) is 14.7. The second-order valence-corrected chi connectivity index (χ2v) is 5.89. The van der Waals surface area contributed by atoms with E-state index in [1.54, 1.807) is 0 Å². The van der Waals surface area contributed by atoms with Crippen molar-refractivity contribution >= 4 is 17.3 Å². The highest BCUT2D eigenvalue weighted by Crippen LogP contribution is 2.22. The standard InChI is InChI=1S/C16H23N3O2/c17-15-11-21-10-14(15)16(20)18-12-4-6-13(7-5-12)19-8-2-1-3-9-19/h4-7,14-15H,1-3,8-11,17H2,(H,18,20). The van der Waals surface area contributed by atoms with Gasteiger partial charge in [0.05, 0.1) is 19.1 Å². The topological polar surface area (TPSA) is 67.6 Å². The number of nitrogens with zero attached hydrogens (tertiary/aromatic N) is 1. The maximum atomic E-state index is 12.1. The third kappa shape index (κ3) is 3.36. The summed E-state index contributed by atoms with van der Waals surface area (Å²) in [6.07, 6.45) is 3.85. The molecular weight excluding hydrogens is 266 g/mol. The Kier molecular flexibility index (Phi) is 4.41. The minimum atomic E-state index is -0.244. The fourth-order valence-corrected chi connectivity index (χ4v) is 2.98. The van der Waals surface area contributed by atoms with E-state index in [4.69, 9.17) is 10.5 Å². The average Bonchev–Trinajstić information content (AvgIpc) is 2.95. The number of piperidine rings is 1. The van der Waals surface area contributed by atoms with Crippen LogP contribution in [0.2, 0.25) is 0 Å². The molecule has 3 N–H and O–H groups in total. The number of hydrogen-bond donors (Lipinski definition) is 2. The first-order chi connectivity index (χ1) is 10.2. The molecule has 2 aliphatic heterocycles. The molecule has 2 unspecified atom stereocenters. The summed E-state index contributed by atoms with van der Waals surface area (Å²) in [6, 6.07) is 7.88. The predicted molar refractivity (Wildman–Crippen MR) is 83.4 cm³/mol. The molecule has 1 aromatic carbocycles. The van der Waals surface area contributed by atoms with Crippen molar-refractivity contribution in [2.45, 2.75) is 25.3 Å². The maximum Gasteiger partial charge on any atom is 0.231 e. The van der Waals surface area contributed by atoms with Crippen LogP contribution in [0, 0.1) is 5.92 Å². The van der Waals surface area contributed by atoms with Gasteiger partial charge < -0.3 is 20.7 Å². The summed E-state index contributed by atoms with van der Waals surface area (Å²) in [5, 5.41) is 2.93. The molecular formula is C16H23N3O2. The van der Waals surface area contributed by atoms with Gasteiger partial charge >= 0.3 is 0 Å². The maximum absolute atomic E-state index is 12.1. The van der Waals surface area contributed by atoms with Crippen LogP contribution in [0.1, 0.15) is 19.3 Å². The van der Waals surface area contributed by atoms with Crippen molar-refractivity contribution in [3.05, 3.63) is 24.3 Å². The summed E-state index contributed by atoms with van der Waals surface area (Å²) >= 11 is 0. The van der Waals surface area contributed by atoms with Gasteiger partial charge in [0.1, 0.15) is 0 Å². The molecule has 21 heavy (non-hydrogen) atoms. The molecule has 2 fully saturated rings.